The Morgan fingerprint density at radius 1 is 1.36 bits per heavy atom. The second-order valence-electron chi connectivity index (χ2n) is 9.51. The summed E-state index contributed by atoms with van der Waals surface area (Å²) in [6.45, 7) is 0. The number of hydrogen-bond acceptors (Lipinski definition) is 5. The standard InChI is InChI=1S/C26H36ClFO4S/c1-32-25(31)11-5-3-2-4-8-19-20(22(29)16-21(19)28)9-6-10-23(30)26(14-7-15-26)17-18-12-13-24(27)33-18/h2,4,6,9,12-13,19-23,29-30H,3,5,7-8,10-11,14-17H2,1H3/t19-,20+,21?,22-,23?/m1/s1. The molecule has 0 radical (unpaired) electrons. The molecule has 184 valence electrons. The maximum Gasteiger partial charge on any atom is 0.305 e. The minimum atomic E-state index is -1.04. The largest absolute Gasteiger partial charge is 0.469 e. The van der Waals surface area contributed by atoms with Gasteiger partial charge >= 0.3 is 5.97 Å². The first kappa shape index (κ1) is 26.4. The zero-order valence-corrected chi connectivity index (χ0v) is 20.9. The van der Waals surface area contributed by atoms with Crippen LogP contribution in [0.2, 0.25) is 4.34 Å². The summed E-state index contributed by atoms with van der Waals surface area (Å²) in [7, 11) is 1.38. The van der Waals surface area contributed by atoms with Crippen LogP contribution in [0.5, 0.6) is 0 Å². The molecule has 7 heteroatoms. The maximum atomic E-state index is 14.6. The quantitative estimate of drug-likeness (QED) is 0.209. The van der Waals surface area contributed by atoms with E-state index in [0.29, 0.717) is 25.7 Å². The fourth-order valence-corrected chi connectivity index (χ4v) is 6.41. The van der Waals surface area contributed by atoms with Crippen LogP contribution in [0.15, 0.2) is 36.4 Å². The first-order valence-corrected chi connectivity index (χ1v) is 13.2. The zero-order chi connectivity index (χ0) is 23.8. The van der Waals surface area contributed by atoms with E-state index in [2.05, 4.69) is 4.74 Å². The van der Waals surface area contributed by atoms with Gasteiger partial charge in [0, 0.05) is 35.0 Å². The topological polar surface area (TPSA) is 66.8 Å². The van der Waals surface area contributed by atoms with Crippen molar-refractivity contribution < 1.29 is 24.1 Å². The van der Waals surface area contributed by atoms with Gasteiger partial charge in [-0.25, -0.2) is 4.39 Å². The van der Waals surface area contributed by atoms with Gasteiger partial charge in [0.2, 0.25) is 0 Å². The van der Waals surface area contributed by atoms with Crippen LogP contribution in [0.3, 0.4) is 0 Å². The third-order valence-electron chi connectivity index (χ3n) is 7.35. The molecule has 0 aliphatic heterocycles. The molecule has 0 amide bonds. The summed E-state index contributed by atoms with van der Waals surface area (Å²) in [6.07, 6.45) is 12.6. The SMILES string of the molecule is COC(=O)CCCC=CC[C@H]1C(F)C[C@@H](O)[C@H]1C=CCC(O)C1(Cc2ccc(Cl)s2)CCC1. The summed E-state index contributed by atoms with van der Waals surface area (Å²) in [4.78, 5) is 12.3. The van der Waals surface area contributed by atoms with E-state index in [-0.39, 0.29) is 29.6 Å². The summed E-state index contributed by atoms with van der Waals surface area (Å²) < 4.78 is 19.9. The summed E-state index contributed by atoms with van der Waals surface area (Å²) in [5.41, 5.74) is -0.109. The zero-order valence-electron chi connectivity index (χ0n) is 19.3. The molecule has 2 aliphatic carbocycles. The Morgan fingerprint density at radius 3 is 2.79 bits per heavy atom. The predicted molar refractivity (Wildman–Crippen MR) is 131 cm³/mol. The summed E-state index contributed by atoms with van der Waals surface area (Å²) in [5.74, 6) is -0.738. The number of allylic oxidation sites excluding steroid dienone is 2. The highest BCUT2D eigenvalue weighted by Crippen LogP contribution is 2.48. The number of esters is 1. The minimum Gasteiger partial charge on any atom is -0.469 e. The number of carbonyl (C=O) groups excluding carboxylic acids is 1. The molecule has 3 rings (SSSR count). The lowest BCUT2D eigenvalue weighted by molar-refractivity contribution is -0.140. The average Bonchev–Trinajstić information content (AvgIpc) is 3.28. The van der Waals surface area contributed by atoms with E-state index in [1.54, 1.807) is 11.3 Å². The summed E-state index contributed by atoms with van der Waals surface area (Å²) in [5, 5.41) is 21.4. The lowest BCUT2D eigenvalue weighted by atomic mass is 9.62. The van der Waals surface area contributed by atoms with Gasteiger partial charge in [0.25, 0.3) is 0 Å². The van der Waals surface area contributed by atoms with Crippen LogP contribution in [-0.4, -0.2) is 41.7 Å². The molecule has 0 aromatic carbocycles. The third kappa shape index (κ3) is 7.14. The van der Waals surface area contributed by atoms with Gasteiger partial charge in [-0.2, -0.15) is 0 Å². The van der Waals surface area contributed by atoms with Crippen molar-refractivity contribution in [1.29, 1.82) is 0 Å². The molecule has 0 bridgehead atoms. The van der Waals surface area contributed by atoms with Gasteiger partial charge in [0.05, 0.1) is 23.7 Å². The second kappa shape index (κ2) is 12.5. The molecule has 1 aromatic heterocycles. The van der Waals surface area contributed by atoms with Crippen LogP contribution in [0.4, 0.5) is 4.39 Å². The molecule has 2 aliphatic rings. The fraction of sp³-hybridized carbons (Fsp3) is 0.654. The highest BCUT2D eigenvalue weighted by Gasteiger charge is 2.44. The molecule has 0 saturated heterocycles. The van der Waals surface area contributed by atoms with Gasteiger partial charge in [-0.05, 0) is 57.1 Å². The van der Waals surface area contributed by atoms with Crippen LogP contribution in [-0.2, 0) is 16.0 Å². The molecular weight excluding hydrogens is 463 g/mol. The Kier molecular flexibility index (Phi) is 9.98. The third-order valence-corrected chi connectivity index (χ3v) is 8.58. The molecule has 4 nitrogen and oxygen atoms in total. The maximum absolute atomic E-state index is 14.6. The first-order chi connectivity index (χ1) is 15.8. The van der Waals surface area contributed by atoms with Crippen molar-refractivity contribution >= 4 is 28.9 Å². The summed E-state index contributed by atoms with van der Waals surface area (Å²) in [6, 6.07) is 3.95. The van der Waals surface area contributed by atoms with Crippen LogP contribution in [0, 0.1) is 17.3 Å². The average molecular weight is 499 g/mol. The Balaban J connectivity index is 1.50. The molecule has 2 fully saturated rings. The van der Waals surface area contributed by atoms with Gasteiger partial charge < -0.3 is 14.9 Å². The Morgan fingerprint density at radius 2 is 2.15 bits per heavy atom. The number of ether oxygens (including phenoxy) is 1. The van der Waals surface area contributed by atoms with Crippen molar-refractivity contribution in [3.63, 3.8) is 0 Å². The van der Waals surface area contributed by atoms with Gasteiger partial charge in [-0.3, -0.25) is 4.79 Å². The number of thiophene rings is 1. The Labute approximate surface area is 205 Å². The van der Waals surface area contributed by atoms with Crippen molar-refractivity contribution in [2.75, 3.05) is 7.11 Å². The highest BCUT2D eigenvalue weighted by molar-refractivity contribution is 7.16. The second-order valence-corrected chi connectivity index (χ2v) is 11.3. The van der Waals surface area contributed by atoms with Crippen LogP contribution in [0.1, 0.15) is 62.7 Å². The van der Waals surface area contributed by atoms with Gasteiger partial charge in [-0.15, -0.1) is 11.3 Å². The van der Waals surface area contributed by atoms with Gasteiger partial charge in [0.15, 0.2) is 0 Å². The number of aliphatic hydroxyl groups is 2. The van der Waals surface area contributed by atoms with Crippen molar-refractivity contribution in [2.24, 2.45) is 17.3 Å². The number of carbonyl (C=O) groups is 1. The van der Waals surface area contributed by atoms with Crippen molar-refractivity contribution in [3.8, 4) is 0 Å². The number of alkyl halides is 1. The number of hydrogen-bond donors (Lipinski definition) is 2. The predicted octanol–water partition coefficient (Wildman–Crippen LogP) is 6.05. The summed E-state index contributed by atoms with van der Waals surface area (Å²) >= 11 is 7.65. The number of unbranched alkanes of at least 4 members (excludes halogenated alkanes) is 1. The van der Waals surface area contributed by atoms with Gasteiger partial charge in [-0.1, -0.05) is 42.3 Å². The van der Waals surface area contributed by atoms with E-state index in [1.807, 2.05) is 36.4 Å². The lowest BCUT2D eigenvalue weighted by Crippen LogP contribution is -2.42. The Bertz CT molecular complexity index is 819. The first-order valence-electron chi connectivity index (χ1n) is 12.0. The van der Waals surface area contributed by atoms with Crippen LogP contribution >= 0.6 is 22.9 Å². The van der Waals surface area contributed by atoms with E-state index < -0.39 is 18.4 Å². The molecule has 2 unspecified atom stereocenters. The van der Waals surface area contributed by atoms with Crippen LogP contribution in [0.25, 0.3) is 0 Å². The monoisotopic (exact) mass is 498 g/mol. The highest BCUT2D eigenvalue weighted by atomic mass is 35.5. The number of methoxy groups -OCH3 is 1. The number of rotatable bonds is 12. The molecule has 2 saturated carbocycles. The molecule has 1 aromatic rings. The normalized spacial score (nSPS) is 27.8. The molecule has 33 heavy (non-hydrogen) atoms. The minimum absolute atomic E-state index is 0.109. The van der Waals surface area contributed by atoms with E-state index in [9.17, 15) is 19.4 Å². The lowest BCUT2D eigenvalue weighted by Gasteiger charge is -2.45. The number of halogens is 2. The van der Waals surface area contributed by atoms with Gasteiger partial charge in [0.1, 0.15) is 6.17 Å². The van der Waals surface area contributed by atoms with E-state index in [0.717, 1.165) is 36.4 Å². The van der Waals surface area contributed by atoms with E-state index >= 15 is 0 Å². The van der Waals surface area contributed by atoms with Crippen molar-refractivity contribution in [1.82, 2.24) is 0 Å². The van der Waals surface area contributed by atoms with E-state index in [4.69, 9.17) is 11.6 Å². The van der Waals surface area contributed by atoms with Crippen LogP contribution < -0.4 is 0 Å². The molecule has 1 heterocycles. The van der Waals surface area contributed by atoms with E-state index in [1.165, 1.54) is 12.0 Å². The molecule has 2 N–H and O–H groups in total. The molecule has 0 spiro atoms. The fourth-order valence-electron chi connectivity index (χ4n) is 5.17. The smallest absolute Gasteiger partial charge is 0.305 e. The Hall–Kier alpha value is -1.21. The van der Waals surface area contributed by atoms with Crippen molar-refractivity contribution in [2.45, 2.75) is 82.6 Å². The number of aliphatic hydroxyl groups excluding tert-OH is 2. The van der Waals surface area contributed by atoms with Crippen molar-refractivity contribution in [3.05, 3.63) is 45.7 Å². The molecule has 5 atom stereocenters. The molecular formula is C26H36ClFO4S.